The third-order valence-electron chi connectivity index (χ3n) is 9.56. The number of amides is 2. The number of rotatable bonds is 13. The molecule has 51 heavy (non-hydrogen) atoms. The highest BCUT2D eigenvalue weighted by atomic mass is 35.5. The molecule has 16 heteroatoms. The second-order valence-corrected chi connectivity index (χ2v) is 15.7. The number of halogens is 2. The van der Waals surface area contributed by atoms with Crippen molar-refractivity contribution in [1.29, 1.82) is 0 Å². The van der Waals surface area contributed by atoms with E-state index in [0.29, 0.717) is 81.4 Å². The number of sulfonamides is 1. The first-order chi connectivity index (χ1) is 24.2. The molecule has 0 radical (unpaired) electrons. The number of aliphatic imine (C=N–C) groups is 1. The lowest BCUT2D eigenvalue weighted by Crippen LogP contribution is -2.62. The standard InChI is InChI=1S/C35H46Cl2N8O5S/c1-22-20-23(2)42-31-24(22)8-7-10-28(31)50-21-25-26(36)11-12-29(30(25)37)51(48,49)43-35(13-4-5-14-35)33(47)45-18-16-44(17-19-45)32(46)27(38)9-3-6-15-41-34(39)40/h7-8,10-12,20,27,43H,3-6,9,13-19,21,38H2,1-2H3,(H4,39,40,41)/t27-/m0/s1. The summed E-state index contributed by atoms with van der Waals surface area (Å²) in [5.74, 6) is 0.0399. The van der Waals surface area contributed by atoms with Crippen LogP contribution in [-0.4, -0.2) is 85.3 Å². The van der Waals surface area contributed by atoms with Gasteiger partial charge in [0.15, 0.2) is 5.96 Å². The largest absolute Gasteiger partial charge is 0.487 e. The van der Waals surface area contributed by atoms with Gasteiger partial charge in [0.1, 0.15) is 28.3 Å². The topological polar surface area (TPSA) is 199 Å². The van der Waals surface area contributed by atoms with Crippen LogP contribution in [0.5, 0.6) is 5.75 Å². The fraction of sp³-hybridized carbons (Fsp3) is 0.486. The molecule has 0 bridgehead atoms. The highest BCUT2D eigenvalue weighted by Gasteiger charge is 2.47. The summed E-state index contributed by atoms with van der Waals surface area (Å²) in [6, 6.07) is 9.73. The van der Waals surface area contributed by atoms with Gasteiger partial charge in [-0.15, -0.1) is 0 Å². The molecule has 2 fully saturated rings. The second kappa shape index (κ2) is 16.3. The number of para-hydroxylation sites is 1. The summed E-state index contributed by atoms with van der Waals surface area (Å²) in [6.45, 7) is 5.38. The Balaban J connectivity index is 1.26. The zero-order valence-corrected chi connectivity index (χ0v) is 31.3. The minimum Gasteiger partial charge on any atom is -0.487 e. The maximum absolute atomic E-state index is 14.1. The first kappa shape index (κ1) is 38.5. The molecule has 1 saturated carbocycles. The normalized spacial score (nSPS) is 16.6. The Bertz CT molecular complexity index is 1910. The maximum atomic E-state index is 14.1. The van der Waals surface area contributed by atoms with Crippen molar-refractivity contribution in [3.8, 4) is 5.75 Å². The van der Waals surface area contributed by atoms with Gasteiger partial charge in [-0.05, 0) is 75.8 Å². The Hall–Kier alpha value is -3.69. The fourth-order valence-electron chi connectivity index (χ4n) is 6.86. The Kier molecular flexibility index (Phi) is 12.3. The molecule has 1 aromatic heterocycles. The number of hydrogen-bond acceptors (Lipinski definition) is 8. The molecule has 2 amide bonds. The SMILES string of the molecule is Cc1cc(C)c2cccc(OCc3c(Cl)ccc(S(=O)(=O)NC4(C(=O)N5CCN(C(=O)[C@@H](N)CCCCN=C(N)N)CC5)CCCC4)c3Cl)c2n1. The van der Waals surface area contributed by atoms with Crippen molar-refractivity contribution in [2.75, 3.05) is 32.7 Å². The quantitative estimate of drug-likeness (QED) is 0.114. The van der Waals surface area contributed by atoms with Gasteiger partial charge in [-0.1, -0.05) is 48.2 Å². The van der Waals surface area contributed by atoms with Crippen molar-refractivity contribution in [2.45, 2.75) is 81.9 Å². The van der Waals surface area contributed by atoms with Crippen molar-refractivity contribution in [3.63, 3.8) is 0 Å². The number of aryl methyl sites for hydroxylation is 2. The first-order valence-corrected chi connectivity index (χ1v) is 19.4. The molecule has 2 aromatic carbocycles. The van der Waals surface area contributed by atoms with Crippen LogP contribution >= 0.6 is 23.2 Å². The highest BCUT2D eigenvalue weighted by molar-refractivity contribution is 7.89. The molecular weight excluding hydrogens is 715 g/mol. The number of aromatic nitrogens is 1. The molecule has 3 aromatic rings. The molecule has 13 nitrogen and oxygen atoms in total. The van der Waals surface area contributed by atoms with E-state index in [1.807, 2.05) is 32.0 Å². The highest BCUT2D eigenvalue weighted by Crippen LogP contribution is 2.37. The van der Waals surface area contributed by atoms with Crippen LogP contribution in [0.3, 0.4) is 0 Å². The van der Waals surface area contributed by atoms with Crippen molar-refractivity contribution in [3.05, 3.63) is 63.3 Å². The van der Waals surface area contributed by atoms with Gasteiger partial charge in [-0.3, -0.25) is 14.6 Å². The lowest BCUT2D eigenvalue weighted by molar-refractivity contribution is -0.144. The van der Waals surface area contributed by atoms with Gasteiger partial charge >= 0.3 is 0 Å². The number of carbonyl (C=O) groups excluding carboxylic acids is 2. The van der Waals surface area contributed by atoms with Crippen LogP contribution in [-0.2, 0) is 26.2 Å². The molecule has 0 unspecified atom stereocenters. The summed E-state index contributed by atoms with van der Waals surface area (Å²) in [7, 11) is -4.30. The number of fused-ring (bicyclic) bond motifs is 1. The predicted octanol–water partition coefficient (Wildman–Crippen LogP) is 3.77. The van der Waals surface area contributed by atoms with E-state index >= 15 is 0 Å². The van der Waals surface area contributed by atoms with E-state index in [-0.39, 0.29) is 52.4 Å². The Labute approximate surface area is 308 Å². The van der Waals surface area contributed by atoms with Gasteiger partial charge in [-0.2, -0.15) is 4.72 Å². The number of nitrogens with two attached hydrogens (primary N) is 3. The molecule has 1 saturated heterocycles. The van der Waals surface area contributed by atoms with E-state index in [0.717, 1.165) is 16.6 Å². The molecule has 0 spiro atoms. The molecule has 2 heterocycles. The van der Waals surface area contributed by atoms with Crippen molar-refractivity contribution in [1.82, 2.24) is 19.5 Å². The van der Waals surface area contributed by atoms with Gasteiger partial charge in [0.25, 0.3) is 0 Å². The smallest absolute Gasteiger partial charge is 0.243 e. The number of hydrogen-bond donors (Lipinski definition) is 4. The summed E-state index contributed by atoms with van der Waals surface area (Å²) in [6.07, 6.45) is 3.91. The minimum atomic E-state index is -4.30. The van der Waals surface area contributed by atoms with E-state index in [2.05, 4.69) is 14.7 Å². The monoisotopic (exact) mass is 760 g/mol. The predicted molar refractivity (Wildman–Crippen MR) is 199 cm³/mol. The Morgan fingerprint density at radius 2 is 1.73 bits per heavy atom. The van der Waals surface area contributed by atoms with Crippen LogP contribution in [0.1, 0.15) is 61.8 Å². The molecule has 5 rings (SSSR count). The van der Waals surface area contributed by atoms with Crippen LogP contribution in [0.4, 0.5) is 0 Å². The Morgan fingerprint density at radius 3 is 2.41 bits per heavy atom. The van der Waals surface area contributed by atoms with Gasteiger partial charge in [0.2, 0.25) is 21.8 Å². The van der Waals surface area contributed by atoms with E-state index in [9.17, 15) is 18.0 Å². The maximum Gasteiger partial charge on any atom is 0.243 e. The van der Waals surface area contributed by atoms with Crippen LogP contribution in [0.15, 0.2) is 46.3 Å². The summed E-state index contributed by atoms with van der Waals surface area (Å²) < 4.78 is 36.9. The van der Waals surface area contributed by atoms with Gasteiger partial charge < -0.3 is 31.7 Å². The molecule has 1 atom stereocenters. The molecule has 2 aliphatic rings. The van der Waals surface area contributed by atoms with Gasteiger partial charge in [-0.25, -0.2) is 13.4 Å². The number of benzene rings is 2. The van der Waals surface area contributed by atoms with Crippen LogP contribution in [0, 0.1) is 13.8 Å². The number of nitrogens with zero attached hydrogens (tertiary/aromatic N) is 4. The number of guanidine groups is 1. The molecule has 276 valence electrons. The minimum absolute atomic E-state index is 0.0275. The van der Waals surface area contributed by atoms with Crippen molar-refractivity contribution < 1.29 is 22.7 Å². The van der Waals surface area contributed by atoms with Crippen LogP contribution in [0.25, 0.3) is 10.9 Å². The second-order valence-electron chi connectivity index (χ2n) is 13.3. The van der Waals surface area contributed by atoms with Crippen LogP contribution < -0.4 is 26.7 Å². The number of nitrogens with one attached hydrogen (secondary N) is 1. The zero-order chi connectivity index (χ0) is 36.9. The summed E-state index contributed by atoms with van der Waals surface area (Å²) in [4.78, 5) is 38.8. The number of unbranched alkanes of at least 4 members (excludes halogenated alkanes) is 1. The third kappa shape index (κ3) is 8.86. The molecular formula is C35H46Cl2N8O5S. The Morgan fingerprint density at radius 1 is 1.04 bits per heavy atom. The van der Waals surface area contributed by atoms with Crippen molar-refractivity contribution >= 4 is 61.9 Å². The molecule has 1 aliphatic heterocycles. The number of piperazine rings is 1. The van der Waals surface area contributed by atoms with E-state index in [1.54, 1.807) is 15.9 Å². The average molecular weight is 762 g/mol. The third-order valence-corrected chi connectivity index (χ3v) is 12.0. The van der Waals surface area contributed by atoms with Gasteiger partial charge in [0.05, 0.1) is 11.1 Å². The first-order valence-electron chi connectivity index (χ1n) is 17.1. The van der Waals surface area contributed by atoms with E-state index in [1.165, 1.54) is 12.1 Å². The average Bonchev–Trinajstić information content (AvgIpc) is 3.56. The molecule has 1 aliphatic carbocycles. The summed E-state index contributed by atoms with van der Waals surface area (Å²) >= 11 is 13.3. The number of pyridine rings is 1. The summed E-state index contributed by atoms with van der Waals surface area (Å²) in [5, 5.41) is 1.09. The van der Waals surface area contributed by atoms with Gasteiger partial charge in [0, 0.05) is 54.4 Å². The summed E-state index contributed by atoms with van der Waals surface area (Å²) in [5.41, 5.74) is 18.4. The van der Waals surface area contributed by atoms with E-state index < -0.39 is 21.6 Å². The van der Waals surface area contributed by atoms with E-state index in [4.69, 9.17) is 45.1 Å². The van der Waals surface area contributed by atoms with Crippen LogP contribution in [0.2, 0.25) is 10.0 Å². The molecule has 7 N–H and O–H groups in total. The number of carbonyl (C=O) groups is 2. The fourth-order valence-corrected chi connectivity index (χ4v) is 9.17. The number of ether oxygens (including phenoxy) is 1. The lowest BCUT2D eigenvalue weighted by atomic mass is 9.96. The lowest BCUT2D eigenvalue weighted by Gasteiger charge is -2.40. The zero-order valence-electron chi connectivity index (χ0n) is 29.0. The van der Waals surface area contributed by atoms with Crippen molar-refractivity contribution in [2.24, 2.45) is 22.2 Å².